The minimum absolute atomic E-state index is 0.443. The minimum atomic E-state index is -1.27. The highest BCUT2D eigenvalue weighted by molar-refractivity contribution is 5.99. The van der Waals surface area contributed by atoms with Crippen molar-refractivity contribution in [2.24, 2.45) is 17.8 Å². The van der Waals surface area contributed by atoms with E-state index in [-0.39, 0.29) is 0 Å². The summed E-state index contributed by atoms with van der Waals surface area (Å²) in [5.41, 5.74) is -3.80. The number of hydrogen-bond donors (Lipinski definition) is 3. The highest BCUT2D eigenvalue weighted by atomic mass is 16.6. The van der Waals surface area contributed by atoms with Gasteiger partial charge in [0.1, 0.15) is 53.4 Å². The highest BCUT2D eigenvalue weighted by Crippen LogP contribution is 2.38. The number of rotatable bonds is 3. The summed E-state index contributed by atoms with van der Waals surface area (Å²) in [6.45, 7) is 25.7. The predicted octanol–water partition coefficient (Wildman–Crippen LogP) is 1.48. The second kappa shape index (κ2) is 13.9. The van der Waals surface area contributed by atoms with Crippen LogP contribution in [0.4, 0.5) is 0 Å². The molecule has 4 aliphatic heterocycles. The Bertz CT molecular complexity index is 1260. The summed E-state index contributed by atoms with van der Waals surface area (Å²) in [5.74, 6) is -4.85. The lowest BCUT2D eigenvalue weighted by Gasteiger charge is -2.41. The third kappa shape index (κ3) is 7.22. The van der Waals surface area contributed by atoms with Gasteiger partial charge < -0.3 is 30.2 Å². The Morgan fingerprint density at radius 3 is 0.824 bits per heavy atom. The maximum absolute atomic E-state index is 14.6. The van der Waals surface area contributed by atoms with Crippen molar-refractivity contribution in [3.05, 3.63) is 0 Å². The van der Waals surface area contributed by atoms with E-state index in [4.69, 9.17) is 14.2 Å². The number of nitrogens with zero attached hydrogens (tertiary/aromatic N) is 3. The Morgan fingerprint density at radius 1 is 0.451 bits per heavy atom. The Balaban J connectivity index is 1.93. The molecule has 3 N–H and O–H groups in total. The van der Waals surface area contributed by atoms with Crippen LogP contribution in [0, 0.1) is 17.8 Å². The van der Waals surface area contributed by atoms with Gasteiger partial charge in [-0.25, -0.2) is 0 Å². The summed E-state index contributed by atoms with van der Waals surface area (Å²) in [4.78, 5) is 90.8. The zero-order valence-corrected chi connectivity index (χ0v) is 32.9. The number of hydrogen-bond acceptors (Lipinski definition) is 9. The van der Waals surface area contributed by atoms with E-state index in [1.807, 2.05) is 0 Å². The first-order chi connectivity index (χ1) is 23.3. The van der Waals surface area contributed by atoms with E-state index in [0.29, 0.717) is 0 Å². The number of nitrogens with one attached hydrogen (secondary N) is 3. The van der Waals surface area contributed by atoms with Crippen LogP contribution >= 0.6 is 0 Å². The Morgan fingerprint density at radius 2 is 0.647 bits per heavy atom. The molecule has 0 radical (unpaired) electrons. The molecule has 4 heterocycles. The Kier molecular flexibility index (Phi) is 11.0. The summed E-state index contributed by atoms with van der Waals surface area (Å²) in [5, 5.41) is 8.66. The first kappa shape index (κ1) is 40.5. The number of amides is 6. The fraction of sp³-hybridized carbons (Fsp3) is 0.833. The maximum Gasteiger partial charge on any atom is 0.248 e. The first-order valence-electron chi connectivity index (χ1n) is 18.2. The largest absolute Gasteiger partial charge is 0.350 e. The molecule has 6 amide bonds. The molecular formula is C36H60N6O9. The summed E-state index contributed by atoms with van der Waals surface area (Å²) in [7, 11) is 0. The van der Waals surface area contributed by atoms with Crippen molar-refractivity contribution >= 4 is 35.4 Å². The molecule has 4 rings (SSSR count). The quantitative estimate of drug-likeness (QED) is 0.390. The summed E-state index contributed by atoms with van der Waals surface area (Å²) in [6, 6.07) is -6.88. The van der Waals surface area contributed by atoms with Gasteiger partial charge in [-0.15, -0.1) is 0 Å². The van der Waals surface area contributed by atoms with Crippen LogP contribution in [0.5, 0.6) is 0 Å². The molecule has 0 aromatic rings. The molecule has 4 aliphatic rings. The van der Waals surface area contributed by atoms with Crippen molar-refractivity contribution in [2.75, 3.05) is 0 Å². The van der Waals surface area contributed by atoms with Crippen molar-refractivity contribution in [1.82, 2.24) is 30.7 Å². The zero-order valence-electron chi connectivity index (χ0n) is 32.9. The van der Waals surface area contributed by atoms with Crippen LogP contribution in [-0.4, -0.2) is 122 Å². The standard InChI is InChI=1S/C36H60N6O9/c1-16(2)22-31(46)40-26(20(8)49-34(40,10)11)29(44)38-24(18(5)6)33(48)42-27(21(9)51-36(42,14)15)30(45)39-23(17(3)4)32(47)41-25(28(43)37-22)19(7)50-35(41,12)13/h16-27H,1-15H3,(H,37,43)(H,38,44)(H,39,45)/t19-,20-,21-,22-,23+,24+,25+,26+,27+/m1/s1. The fourth-order valence-corrected chi connectivity index (χ4v) is 8.27. The van der Waals surface area contributed by atoms with Gasteiger partial charge in [0.15, 0.2) is 0 Å². The highest BCUT2D eigenvalue weighted by Gasteiger charge is 2.58. The topological polar surface area (TPSA) is 176 Å². The van der Waals surface area contributed by atoms with Crippen LogP contribution < -0.4 is 16.0 Å². The molecule has 4 fully saturated rings. The van der Waals surface area contributed by atoms with Gasteiger partial charge in [0, 0.05) is 0 Å². The van der Waals surface area contributed by atoms with Crippen LogP contribution in [0.25, 0.3) is 0 Å². The Labute approximate surface area is 302 Å². The molecule has 0 unspecified atom stereocenters. The van der Waals surface area contributed by atoms with E-state index in [1.165, 1.54) is 14.7 Å². The molecule has 51 heavy (non-hydrogen) atoms. The zero-order chi connectivity index (χ0) is 38.9. The van der Waals surface area contributed by atoms with Gasteiger partial charge in [-0.3, -0.25) is 43.5 Å². The number of carbonyl (C=O) groups excluding carboxylic acids is 6. The van der Waals surface area contributed by atoms with Crippen molar-refractivity contribution < 1.29 is 43.0 Å². The van der Waals surface area contributed by atoms with Crippen molar-refractivity contribution in [1.29, 1.82) is 0 Å². The smallest absolute Gasteiger partial charge is 0.248 e. The minimum Gasteiger partial charge on any atom is -0.350 e. The molecular weight excluding hydrogens is 660 g/mol. The van der Waals surface area contributed by atoms with Gasteiger partial charge in [-0.2, -0.15) is 0 Å². The van der Waals surface area contributed by atoms with E-state index >= 15 is 0 Å². The van der Waals surface area contributed by atoms with Crippen LogP contribution in [-0.2, 0) is 43.0 Å². The molecule has 15 heteroatoms. The van der Waals surface area contributed by atoms with Gasteiger partial charge in [0.2, 0.25) is 35.4 Å². The third-order valence-corrected chi connectivity index (χ3v) is 10.5. The third-order valence-electron chi connectivity index (χ3n) is 10.5. The second-order valence-electron chi connectivity index (χ2n) is 17.0. The number of carbonyl (C=O) groups is 6. The van der Waals surface area contributed by atoms with Crippen molar-refractivity contribution in [3.8, 4) is 0 Å². The molecule has 4 saturated heterocycles. The Hall–Kier alpha value is -3.30. The van der Waals surface area contributed by atoms with E-state index < -0.39 is 125 Å². The van der Waals surface area contributed by atoms with Gasteiger partial charge in [0.05, 0.1) is 18.3 Å². The van der Waals surface area contributed by atoms with Crippen LogP contribution in [0.1, 0.15) is 104 Å². The van der Waals surface area contributed by atoms with Crippen LogP contribution in [0.15, 0.2) is 0 Å². The number of fused-ring (bicyclic) bond motifs is 3. The SMILES string of the molecule is CC(C)[C@@H]1NC(=O)[C@@H]2[C@@H](C)OC(C)(C)N2C(=O)[C@H](C(C)C)NC(=O)[C@@H]2[C@@H](C)OC(C)(C)N2C(=O)[C@@H](C(C)C)NC(=O)[C@@H]2[C@@H](C)OC(C)(C)N2C1=O. The van der Waals surface area contributed by atoms with Gasteiger partial charge in [-0.1, -0.05) is 41.5 Å². The molecule has 15 nitrogen and oxygen atoms in total. The van der Waals surface area contributed by atoms with Gasteiger partial charge in [-0.05, 0) is 80.1 Å². The summed E-state index contributed by atoms with van der Waals surface area (Å²) >= 11 is 0. The second-order valence-corrected chi connectivity index (χ2v) is 17.0. The molecule has 288 valence electrons. The normalized spacial score (nSPS) is 36.1. The average Bonchev–Trinajstić information content (AvgIpc) is 3.48. The lowest BCUT2D eigenvalue weighted by atomic mass is 9.96. The van der Waals surface area contributed by atoms with Crippen molar-refractivity contribution in [3.63, 3.8) is 0 Å². The lowest BCUT2D eigenvalue weighted by Crippen LogP contribution is -2.67. The number of ether oxygens (including phenoxy) is 3. The monoisotopic (exact) mass is 720 g/mol. The molecule has 0 aromatic carbocycles. The first-order valence-corrected chi connectivity index (χ1v) is 18.2. The van der Waals surface area contributed by atoms with E-state index in [0.717, 1.165) is 0 Å². The average molecular weight is 721 g/mol. The maximum atomic E-state index is 14.6. The van der Waals surface area contributed by atoms with E-state index in [1.54, 1.807) is 104 Å². The van der Waals surface area contributed by atoms with Crippen LogP contribution in [0.3, 0.4) is 0 Å². The van der Waals surface area contributed by atoms with Crippen molar-refractivity contribution in [2.45, 2.75) is 176 Å². The predicted molar refractivity (Wildman–Crippen MR) is 186 cm³/mol. The summed E-state index contributed by atoms with van der Waals surface area (Å²) < 4.78 is 18.5. The molecule has 0 aromatic heterocycles. The molecule has 0 aliphatic carbocycles. The van der Waals surface area contributed by atoms with Gasteiger partial charge >= 0.3 is 0 Å². The molecule has 0 saturated carbocycles. The molecule has 0 spiro atoms. The van der Waals surface area contributed by atoms with E-state index in [9.17, 15) is 28.8 Å². The van der Waals surface area contributed by atoms with Gasteiger partial charge in [0.25, 0.3) is 0 Å². The van der Waals surface area contributed by atoms with Crippen LogP contribution in [0.2, 0.25) is 0 Å². The summed E-state index contributed by atoms with van der Waals surface area (Å²) in [6.07, 6.45) is -2.34. The molecule has 0 bridgehead atoms. The lowest BCUT2D eigenvalue weighted by molar-refractivity contribution is -0.158. The molecule has 9 atom stereocenters. The van der Waals surface area contributed by atoms with E-state index in [2.05, 4.69) is 16.0 Å². The fourth-order valence-electron chi connectivity index (χ4n) is 8.27.